The molecule has 0 bridgehead atoms. The normalized spacial score (nSPS) is 16.8. The number of benzene rings is 2. The topological polar surface area (TPSA) is 65.0 Å². The monoisotopic (exact) mass is 328 g/mol. The van der Waals surface area contributed by atoms with Crippen LogP contribution in [0.25, 0.3) is 0 Å². The fourth-order valence-electron chi connectivity index (χ4n) is 3.20. The van der Waals surface area contributed by atoms with E-state index in [1.54, 1.807) is 6.92 Å². The van der Waals surface area contributed by atoms with Crippen molar-refractivity contribution in [1.29, 1.82) is 0 Å². The number of hydrogen-bond acceptors (Lipinski definition) is 5. The van der Waals surface area contributed by atoms with Crippen molar-refractivity contribution in [2.24, 2.45) is 0 Å². The summed E-state index contributed by atoms with van der Waals surface area (Å²) in [5.74, 6) is 0.438. The molecule has 5 heteroatoms. The number of phenols is 1. The molecule has 126 valence electrons. The van der Waals surface area contributed by atoms with E-state index in [2.05, 4.69) is 0 Å². The Balaban J connectivity index is 2.16. The number of aromatic hydroxyl groups is 1. The summed E-state index contributed by atoms with van der Waals surface area (Å²) in [5.41, 5.74) is 2.47. The molecule has 1 unspecified atom stereocenters. The number of hydrogen-bond donors (Lipinski definition) is 1. The van der Waals surface area contributed by atoms with Gasteiger partial charge in [0.2, 0.25) is 11.5 Å². The molecule has 0 saturated carbocycles. The third-order valence-corrected chi connectivity index (χ3v) is 4.47. The van der Waals surface area contributed by atoms with Crippen LogP contribution in [0.3, 0.4) is 0 Å². The van der Waals surface area contributed by atoms with E-state index in [4.69, 9.17) is 14.2 Å². The number of carbonyl (C=O) groups excluding carboxylic acids is 1. The molecule has 24 heavy (non-hydrogen) atoms. The number of fused-ring (bicyclic) bond motifs is 1. The van der Waals surface area contributed by atoms with Crippen LogP contribution in [0.2, 0.25) is 0 Å². The lowest BCUT2D eigenvalue weighted by Gasteiger charge is -2.19. The highest BCUT2D eigenvalue weighted by Crippen LogP contribution is 2.51. The van der Waals surface area contributed by atoms with Gasteiger partial charge in [-0.25, -0.2) is 0 Å². The van der Waals surface area contributed by atoms with Crippen molar-refractivity contribution >= 4 is 5.97 Å². The average Bonchev–Trinajstić information content (AvgIpc) is 2.77. The summed E-state index contributed by atoms with van der Waals surface area (Å²) in [6.45, 7) is 1.79. The summed E-state index contributed by atoms with van der Waals surface area (Å²) in [6.07, 6.45) is 0.842. The average molecular weight is 328 g/mol. The molecule has 1 aliphatic rings. The standard InChI is InChI=1S/C19H20O5/c1-11-14-9-13(12-7-5-4-6-8-12)10-15(20)24-17(14)19(23-3)18(22-2)16(11)21/h4-8,13,21H,9-10H2,1-3H3. The van der Waals surface area contributed by atoms with Gasteiger partial charge in [0.25, 0.3) is 0 Å². The fraction of sp³-hybridized carbons (Fsp3) is 0.316. The molecule has 2 aromatic rings. The Bertz CT molecular complexity index is 767. The predicted octanol–water partition coefficient (Wildman–Crippen LogP) is 3.35. The third-order valence-electron chi connectivity index (χ3n) is 4.47. The van der Waals surface area contributed by atoms with E-state index in [1.807, 2.05) is 30.3 Å². The molecule has 1 atom stereocenters. The van der Waals surface area contributed by atoms with Crippen LogP contribution in [-0.4, -0.2) is 25.3 Å². The molecule has 0 saturated heterocycles. The van der Waals surface area contributed by atoms with Crippen LogP contribution in [0.15, 0.2) is 30.3 Å². The first-order valence-electron chi connectivity index (χ1n) is 7.78. The molecular formula is C19H20O5. The van der Waals surface area contributed by atoms with Gasteiger partial charge in [-0.2, -0.15) is 0 Å². The van der Waals surface area contributed by atoms with Crippen LogP contribution < -0.4 is 14.2 Å². The Morgan fingerprint density at radius 2 is 1.75 bits per heavy atom. The minimum atomic E-state index is -0.326. The molecule has 5 nitrogen and oxygen atoms in total. The third kappa shape index (κ3) is 2.66. The maximum atomic E-state index is 12.3. The zero-order chi connectivity index (χ0) is 17.3. The Hall–Kier alpha value is -2.69. The second kappa shape index (κ2) is 6.43. The molecule has 0 radical (unpaired) electrons. The van der Waals surface area contributed by atoms with Gasteiger partial charge in [0.1, 0.15) is 0 Å². The van der Waals surface area contributed by atoms with E-state index < -0.39 is 0 Å². The second-order valence-corrected chi connectivity index (χ2v) is 5.84. The van der Waals surface area contributed by atoms with Crippen molar-refractivity contribution in [2.75, 3.05) is 14.2 Å². The van der Waals surface area contributed by atoms with E-state index in [0.717, 1.165) is 11.1 Å². The fourth-order valence-corrected chi connectivity index (χ4v) is 3.20. The van der Waals surface area contributed by atoms with Gasteiger partial charge < -0.3 is 19.3 Å². The number of rotatable bonds is 3. The van der Waals surface area contributed by atoms with Gasteiger partial charge in [0, 0.05) is 11.1 Å². The Labute approximate surface area is 140 Å². The number of phenolic OH excluding ortho intramolecular Hbond substituents is 1. The van der Waals surface area contributed by atoms with Gasteiger partial charge in [0.15, 0.2) is 11.5 Å². The molecule has 0 aromatic heterocycles. The number of carbonyl (C=O) groups is 1. The minimum absolute atomic E-state index is 0.0119. The summed E-state index contributed by atoms with van der Waals surface area (Å²) >= 11 is 0. The van der Waals surface area contributed by atoms with Crippen LogP contribution in [0.4, 0.5) is 0 Å². The van der Waals surface area contributed by atoms with Crippen LogP contribution in [0, 0.1) is 6.92 Å². The highest BCUT2D eigenvalue weighted by molar-refractivity contribution is 5.79. The highest BCUT2D eigenvalue weighted by Gasteiger charge is 2.32. The molecule has 0 spiro atoms. The zero-order valence-corrected chi connectivity index (χ0v) is 14.0. The van der Waals surface area contributed by atoms with Crippen LogP contribution in [0.1, 0.15) is 29.0 Å². The van der Waals surface area contributed by atoms with Crippen molar-refractivity contribution < 1.29 is 24.1 Å². The summed E-state index contributed by atoms with van der Waals surface area (Å²) in [5, 5.41) is 10.4. The quantitative estimate of drug-likeness (QED) is 0.691. The van der Waals surface area contributed by atoms with Crippen molar-refractivity contribution in [2.45, 2.75) is 25.7 Å². The van der Waals surface area contributed by atoms with E-state index in [9.17, 15) is 9.90 Å². The Morgan fingerprint density at radius 1 is 1.08 bits per heavy atom. The number of methoxy groups -OCH3 is 2. The van der Waals surface area contributed by atoms with Gasteiger partial charge in [-0.3, -0.25) is 4.79 Å². The van der Waals surface area contributed by atoms with E-state index in [0.29, 0.717) is 17.7 Å². The molecule has 2 aromatic carbocycles. The largest absolute Gasteiger partial charge is 0.504 e. The minimum Gasteiger partial charge on any atom is -0.504 e. The highest BCUT2D eigenvalue weighted by atomic mass is 16.6. The van der Waals surface area contributed by atoms with E-state index in [-0.39, 0.29) is 35.6 Å². The molecule has 1 aliphatic heterocycles. The maximum absolute atomic E-state index is 12.3. The van der Waals surface area contributed by atoms with Crippen LogP contribution in [0.5, 0.6) is 23.0 Å². The van der Waals surface area contributed by atoms with Gasteiger partial charge >= 0.3 is 5.97 Å². The van der Waals surface area contributed by atoms with Crippen molar-refractivity contribution in [3.8, 4) is 23.0 Å². The van der Waals surface area contributed by atoms with Gasteiger partial charge in [-0.05, 0) is 24.8 Å². The Morgan fingerprint density at radius 3 is 2.38 bits per heavy atom. The summed E-state index contributed by atoms with van der Waals surface area (Å²) in [4.78, 5) is 12.3. The molecule has 0 fully saturated rings. The van der Waals surface area contributed by atoms with E-state index >= 15 is 0 Å². The summed E-state index contributed by atoms with van der Waals surface area (Å²) in [7, 11) is 2.90. The SMILES string of the molecule is COc1c(O)c(C)c2c(c1OC)OC(=O)CC(c1ccccc1)C2. The lowest BCUT2D eigenvalue weighted by atomic mass is 9.88. The van der Waals surface area contributed by atoms with Crippen LogP contribution >= 0.6 is 0 Å². The lowest BCUT2D eigenvalue weighted by Crippen LogP contribution is -2.11. The van der Waals surface area contributed by atoms with Crippen molar-refractivity contribution in [1.82, 2.24) is 0 Å². The van der Waals surface area contributed by atoms with Gasteiger partial charge in [-0.15, -0.1) is 0 Å². The molecule has 1 N–H and O–H groups in total. The summed E-state index contributed by atoms with van der Waals surface area (Å²) < 4.78 is 16.1. The molecule has 3 rings (SSSR count). The second-order valence-electron chi connectivity index (χ2n) is 5.84. The van der Waals surface area contributed by atoms with Gasteiger partial charge in [-0.1, -0.05) is 30.3 Å². The van der Waals surface area contributed by atoms with Crippen molar-refractivity contribution in [3.63, 3.8) is 0 Å². The van der Waals surface area contributed by atoms with Crippen molar-refractivity contribution in [3.05, 3.63) is 47.0 Å². The molecule has 0 amide bonds. The predicted molar refractivity (Wildman–Crippen MR) is 89.1 cm³/mol. The first kappa shape index (κ1) is 16.2. The Kier molecular flexibility index (Phi) is 4.34. The lowest BCUT2D eigenvalue weighted by molar-refractivity contribution is -0.134. The first-order chi connectivity index (χ1) is 11.6. The molecular weight excluding hydrogens is 308 g/mol. The number of esters is 1. The zero-order valence-electron chi connectivity index (χ0n) is 14.0. The van der Waals surface area contributed by atoms with Gasteiger partial charge in [0.05, 0.1) is 20.6 Å². The number of ether oxygens (including phenoxy) is 3. The first-order valence-corrected chi connectivity index (χ1v) is 7.78. The van der Waals surface area contributed by atoms with Crippen LogP contribution in [-0.2, 0) is 11.2 Å². The van der Waals surface area contributed by atoms with E-state index in [1.165, 1.54) is 14.2 Å². The molecule has 0 aliphatic carbocycles. The summed E-state index contributed by atoms with van der Waals surface area (Å²) in [6, 6.07) is 9.84. The smallest absolute Gasteiger partial charge is 0.311 e. The molecule has 1 heterocycles. The maximum Gasteiger partial charge on any atom is 0.311 e.